The van der Waals surface area contributed by atoms with Crippen molar-refractivity contribution >= 4 is 11.7 Å². The molecule has 1 aliphatic carbocycles. The minimum absolute atomic E-state index is 0.120. The van der Waals surface area contributed by atoms with Crippen LogP contribution in [0.5, 0.6) is 11.5 Å². The van der Waals surface area contributed by atoms with E-state index in [-0.39, 0.29) is 11.2 Å². The van der Waals surface area contributed by atoms with Gasteiger partial charge in [0.05, 0.1) is 14.2 Å². The van der Waals surface area contributed by atoms with E-state index >= 15 is 0 Å². The Bertz CT molecular complexity index is 1270. The lowest BCUT2D eigenvalue weighted by Crippen LogP contribution is -2.36. The van der Waals surface area contributed by atoms with Crippen molar-refractivity contribution in [3.05, 3.63) is 64.9 Å². The molecule has 0 fully saturated rings. The molecule has 1 aromatic heterocycles. The summed E-state index contributed by atoms with van der Waals surface area (Å²) in [6.45, 7) is 6.29. The molecule has 0 amide bonds. The van der Waals surface area contributed by atoms with E-state index in [0.29, 0.717) is 29.7 Å². The van der Waals surface area contributed by atoms with Crippen LogP contribution in [0.15, 0.2) is 53.7 Å². The Morgan fingerprint density at radius 2 is 1.82 bits per heavy atom. The van der Waals surface area contributed by atoms with E-state index < -0.39 is 6.04 Å². The van der Waals surface area contributed by atoms with E-state index in [9.17, 15) is 4.79 Å². The van der Waals surface area contributed by atoms with Gasteiger partial charge in [-0.25, -0.2) is 4.68 Å². The Labute approximate surface area is 193 Å². The topological polar surface area (TPSA) is 78.3 Å². The maximum atomic E-state index is 13.4. The molecule has 5 rings (SSSR count). The largest absolute Gasteiger partial charge is 0.497 e. The molecule has 2 heterocycles. The fourth-order valence-corrected chi connectivity index (χ4v) is 4.77. The second-order valence-corrected chi connectivity index (χ2v) is 9.54. The number of Topliss-reactive ketones (excluding diaryl/α,β-unsaturated/α-hetero) is 1. The number of ether oxygens (including phenoxy) is 2. The average molecular weight is 445 g/mol. The van der Waals surface area contributed by atoms with Crippen LogP contribution in [0.3, 0.4) is 0 Å². The minimum Gasteiger partial charge on any atom is -0.497 e. The summed E-state index contributed by atoms with van der Waals surface area (Å²) in [6.07, 6.45) is 1.24. The van der Waals surface area contributed by atoms with Crippen LogP contribution in [0, 0.1) is 12.3 Å². The van der Waals surface area contributed by atoms with Gasteiger partial charge in [-0.2, -0.15) is 4.98 Å². The summed E-state index contributed by atoms with van der Waals surface area (Å²) in [6, 6.07) is 13.4. The van der Waals surface area contributed by atoms with Crippen LogP contribution >= 0.6 is 0 Å². The van der Waals surface area contributed by atoms with Gasteiger partial charge in [0.2, 0.25) is 5.95 Å². The molecule has 33 heavy (non-hydrogen) atoms. The fourth-order valence-electron chi connectivity index (χ4n) is 4.77. The van der Waals surface area contributed by atoms with Crippen LogP contribution in [-0.2, 0) is 4.79 Å². The summed E-state index contributed by atoms with van der Waals surface area (Å²) >= 11 is 0. The van der Waals surface area contributed by atoms with Crippen molar-refractivity contribution in [1.82, 2.24) is 14.8 Å². The number of carbonyl (C=O) groups is 1. The zero-order valence-electron chi connectivity index (χ0n) is 19.6. The Hall–Kier alpha value is -3.61. The van der Waals surface area contributed by atoms with Gasteiger partial charge in [-0.1, -0.05) is 43.7 Å². The summed E-state index contributed by atoms with van der Waals surface area (Å²) in [5, 5.41) is 8.29. The first-order valence-corrected chi connectivity index (χ1v) is 11.1. The van der Waals surface area contributed by atoms with Crippen molar-refractivity contribution in [3.8, 4) is 22.9 Å². The molecule has 2 aliphatic rings. The molecule has 7 heteroatoms. The number of hydrogen-bond donors (Lipinski definition) is 1. The molecular formula is C26H28N4O3. The number of fused-ring (bicyclic) bond motifs is 1. The van der Waals surface area contributed by atoms with Gasteiger partial charge in [-0.3, -0.25) is 4.79 Å². The highest BCUT2D eigenvalue weighted by Crippen LogP contribution is 2.47. The van der Waals surface area contributed by atoms with Gasteiger partial charge in [0, 0.05) is 34.9 Å². The van der Waals surface area contributed by atoms with Crippen LogP contribution in [0.1, 0.15) is 43.9 Å². The van der Waals surface area contributed by atoms with Crippen LogP contribution in [-0.4, -0.2) is 34.8 Å². The van der Waals surface area contributed by atoms with Crippen LogP contribution in [0.4, 0.5) is 5.95 Å². The van der Waals surface area contributed by atoms with E-state index in [4.69, 9.17) is 19.6 Å². The first kappa shape index (κ1) is 21.2. The first-order chi connectivity index (χ1) is 15.8. The summed E-state index contributed by atoms with van der Waals surface area (Å²) in [5.41, 5.74) is 4.46. The van der Waals surface area contributed by atoms with Crippen molar-refractivity contribution in [2.24, 2.45) is 5.41 Å². The van der Waals surface area contributed by atoms with Gasteiger partial charge in [-0.05, 0) is 30.9 Å². The third kappa shape index (κ3) is 3.67. The second kappa shape index (κ2) is 7.76. The van der Waals surface area contributed by atoms with Crippen molar-refractivity contribution < 1.29 is 14.3 Å². The molecule has 0 bridgehead atoms. The predicted molar refractivity (Wildman–Crippen MR) is 127 cm³/mol. The van der Waals surface area contributed by atoms with Crippen molar-refractivity contribution in [2.45, 2.75) is 39.7 Å². The number of carbonyl (C=O) groups excluding carboxylic acids is 1. The van der Waals surface area contributed by atoms with Crippen LogP contribution in [0.25, 0.3) is 11.4 Å². The number of nitrogens with one attached hydrogen (secondary N) is 1. The zero-order chi connectivity index (χ0) is 23.3. The monoisotopic (exact) mass is 444 g/mol. The van der Waals surface area contributed by atoms with E-state index in [1.54, 1.807) is 14.2 Å². The number of anilines is 1. The van der Waals surface area contributed by atoms with Gasteiger partial charge in [0.1, 0.15) is 17.5 Å². The number of rotatable bonds is 4. The molecule has 0 saturated heterocycles. The van der Waals surface area contributed by atoms with Crippen molar-refractivity contribution in [1.29, 1.82) is 0 Å². The fraction of sp³-hybridized carbons (Fsp3) is 0.346. The van der Waals surface area contributed by atoms with Crippen LogP contribution in [0.2, 0.25) is 0 Å². The van der Waals surface area contributed by atoms with Crippen molar-refractivity contribution in [2.75, 3.05) is 19.5 Å². The van der Waals surface area contributed by atoms with E-state index in [2.05, 4.69) is 19.2 Å². The van der Waals surface area contributed by atoms with Gasteiger partial charge >= 0.3 is 0 Å². The normalized spacial score (nSPS) is 18.9. The molecule has 1 N–H and O–H groups in total. The maximum absolute atomic E-state index is 13.4. The first-order valence-electron chi connectivity index (χ1n) is 11.1. The molecule has 1 aliphatic heterocycles. The summed E-state index contributed by atoms with van der Waals surface area (Å²) in [7, 11) is 3.25. The van der Waals surface area contributed by atoms with Crippen molar-refractivity contribution in [3.63, 3.8) is 0 Å². The number of ketones is 1. The average Bonchev–Trinajstić information content (AvgIpc) is 3.20. The van der Waals surface area contributed by atoms with Gasteiger partial charge < -0.3 is 14.8 Å². The number of benzene rings is 2. The number of aryl methyl sites for hydroxylation is 1. The number of methoxy groups -OCH3 is 2. The Morgan fingerprint density at radius 3 is 2.52 bits per heavy atom. The Morgan fingerprint density at radius 1 is 1.06 bits per heavy atom. The molecule has 7 nitrogen and oxygen atoms in total. The van der Waals surface area contributed by atoms with Crippen LogP contribution < -0.4 is 14.8 Å². The molecule has 3 aromatic rings. The highest BCUT2D eigenvalue weighted by molar-refractivity contribution is 6.00. The maximum Gasteiger partial charge on any atom is 0.226 e. The highest BCUT2D eigenvalue weighted by atomic mass is 16.5. The Balaban J connectivity index is 1.70. The van der Waals surface area contributed by atoms with E-state index in [0.717, 1.165) is 28.8 Å². The quantitative estimate of drug-likeness (QED) is 0.615. The smallest absolute Gasteiger partial charge is 0.226 e. The number of aromatic nitrogens is 3. The summed E-state index contributed by atoms with van der Waals surface area (Å²) in [4.78, 5) is 18.3. The zero-order valence-corrected chi connectivity index (χ0v) is 19.6. The number of hydrogen-bond acceptors (Lipinski definition) is 6. The summed E-state index contributed by atoms with van der Waals surface area (Å²) in [5.74, 6) is 2.69. The van der Waals surface area contributed by atoms with Gasteiger partial charge in [0.25, 0.3) is 0 Å². The third-order valence-electron chi connectivity index (χ3n) is 6.38. The molecule has 1 atom stereocenters. The lowest BCUT2D eigenvalue weighted by atomic mass is 9.73. The summed E-state index contributed by atoms with van der Waals surface area (Å²) < 4.78 is 12.9. The highest BCUT2D eigenvalue weighted by Gasteiger charge is 2.42. The molecule has 2 aromatic carbocycles. The van der Waals surface area contributed by atoms with Gasteiger partial charge in [-0.15, -0.1) is 5.10 Å². The molecular weight excluding hydrogens is 416 g/mol. The minimum atomic E-state index is -0.438. The lowest BCUT2D eigenvalue weighted by Gasteiger charge is -2.38. The number of nitrogens with zero attached hydrogens (tertiary/aromatic N) is 3. The SMILES string of the molecule is COc1ccc(C2C3=C(CC(C)(C)CC3=O)Nc3nc(-c4ccc(C)cc4)nn32)c(OC)c1. The molecule has 0 spiro atoms. The molecule has 0 radical (unpaired) electrons. The molecule has 1 unspecified atom stereocenters. The lowest BCUT2D eigenvalue weighted by molar-refractivity contribution is -0.118. The molecule has 170 valence electrons. The third-order valence-corrected chi connectivity index (χ3v) is 6.38. The standard InChI is InChI=1S/C26H28N4O3/c1-15-6-8-16(9-7-15)24-28-25-27-19-13-26(2,3)14-20(31)22(19)23(30(25)29-24)18-11-10-17(32-4)12-21(18)33-5/h6-12,23H,13-14H2,1-5H3,(H,27,28,29). The number of allylic oxidation sites excluding steroid dienone is 2. The Kier molecular flexibility index (Phi) is 5.00. The predicted octanol–water partition coefficient (Wildman–Crippen LogP) is 4.93. The van der Waals surface area contributed by atoms with E-state index in [1.165, 1.54) is 5.56 Å². The molecule has 0 saturated carbocycles. The van der Waals surface area contributed by atoms with Gasteiger partial charge in [0.15, 0.2) is 11.6 Å². The van der Waals surface area contributed by atoms with E-state index in [1.807, 2.05) is 54.1 Å². The second-order valence-electron chi connectivity index (χ2n) is 9.54.